The minimum absolute atomic E-state index is 0.270. The Morgan fingerprint density at radius 1 is 1.21 bits per heavy atom. The molecule has 0 aromatic carbocycles. The van der Waals surface area contributed by atoms with Crippen LogP contribution in [0.2, 0.25) is 0 Å². The highest BCUT2D eigenvalue weighted by Crippen LogP contribution is 2.36. The molecule has 0 heterocycles. The van der Waals surface area contributed by atoms with E-state index >= 15 is 0 Å². The molecule has 2 atom stereocenters. The summed E-state index contributed by atoms with van der Waals surface area (Å²) >= 11 is 0. The molecule has 1 amide bonds. The third-order valence-electron chi connectivity index (χ3n) is 3.74. The lowest BCUT2D eigenvalue weighted by Crippen LogP contribution is -2.54. The first-order valence-electron chi connectivity index (χ1n) is 6.16. The molecule has 0 saturated heterocycles. The summed E-state index contributed by atoms with van der Waals surface area (Å²) in [6, 6.07) is 0. The number of hydrogen-bond acceptors (Lipinski definition) is 2. The molecule has 1 aliphatic carbocycles. The Morgan fingerprint density at radius 3 is 2.26 bits per heavy atom. The first kappa shape index (κ1) is 15.8. The van der Waals surface area contributed by atoms with Gasteiger partial charge in [0.1, 0.15) is 0 Å². The lowest BCUT2D eigenvalue weighted by molar-refractivity contribution is -0.176. The molecule has 4 nitrogen and oxygen atoms in total. The molecule has 1 aliphatic rings. The highest BCUT2D eigenvalue weighted by molar-refractivity contribution is 5.82. The number of carboxylic acids is 1. The standard InChI is InChI=1S/C12H18F3NO3/c1-11(2,16-10(19)12(13,14)15)8-5-3-4-7(6-8)9(17)18/h7-8H,3-6H2,1-2H3,(H,16,19)(H,17,18)/t7-,8+/m1/s1. The molecule has 0 spiro atoms. The number of amides is 1. The van der Waals surface area contributed by atoms with E-state index in [0.717, 1.165) is 0 Å². The molecule has 0 aromatic rings. The van der Waals surface area contributed by atoms with Gasteiger partial charge in [-0.3, -0.25) is 9.59 Å². The molecule has 1 saturated carbocycles. The number of carbonyl (C=O) groups is 2. The van der Waals surface area contributed by atoms with Gasteiger partial charge in [-0.25, -0.2) is 0 Å². The summed E-state index contributed by atoms with van der Waals surface area (Å²) in [7, 11) is 0. The lowest BCUT2D eigenvalue weighted by atomic mass is 9.72. The molecule has 1 fully saturated rings. The maximum absolute atomic E-state index is 12.2. The van der Waals surface area contributed by atoms with Crippen molar-refractivity contribution in [2.45, 2.75) is 51.2 Å². The van der Waals surface area contributed by atoms with E-state index in [1.165, 1.54) is 13.8 Å². The zero-order valence-corrected chi connectivity index (χ0v) is 10.9. The van der Waals surface area contributed by atoms with E-state index in [1.54, 1.807) is 0 Å². The Morgan fingerprint density at radius 2 is 1.79 bits per heavy atom. The molecule has 110 valence electrons. The van der Waals surface area contributed by atoms with Crippen molar-refractivity contribution in [3.63, 3.8) is 0 Å². The van der Waals surface area contributed by atoms with Gasteiger partial charge in [0.25, 0.3) is 0 Å². The zero-order valence-electron chi connectivity index (χ0n) is 10.9. The SMILES string of the molecule is CC(C)(NC(=O)C(F)(F)F)[C@H]1CCC[C@@H](C(=O)O)C1. The monoisotopic (exact) mass is 281 g/mol. The number of alkyl halides is 3. The van der Waals surface area contributed by atoms with Gasteiger partial charge in [-0.2, -0.15) is 13.2 Å². The topological polar surface area (TPSA) is 66.4 Å². The van der Waals surface area contributed by atoms with Gasteiger partial charge in [-0.1, -0.05) is 6.42 Å². The molecular formula is C12H18F3NO3. The van der Waals surface area contributed by atoms with Gasteiger partial charge in [0.15, 0.2) is 0 Å². The number of carboxylic acid groups (broad SMARTS) is 1. The van der Waals surface area contributed by atoms with Gasteiger partial charge in [0.05, 0.1) is 5.92 Å². The summed E-state index contributed by atoms with van der Waals surface area (Å²) in [4.78, 5) is 21.9. The van der Waals surface area contributed by atoms with Crippen LogP contribution in [0.4, 0.5) is 13.2 Å². The highest BCUT2D eigenvalue weighted by atomic mass is 19.4. The zero-order chi connectivity index (χ0) is 14.8. The van der Waals surface area contributed by atoms with Gasteiger partial charge < -0.3 is 10.4 Å². The van der Waals surface area contributed by atoms with Crippen LogP contribution in [0.5, 0.6) is 0 Å². The maximum Gasteiger partial charge on any atom is 0.471 e. The molecule has 0 unspecified atom stereocenters. The smallest absolute Gasteiger partial charge is 0.471 e. The summed E-state index contributed by atoms with van der Waals surface area (Å²) < 4.78 is 36.7. The highest BCUT2D eigenvalue weighted by Gasteiger charge is 2.44. The van der Waals surface area contributed by atoms with Gasteiger partial charge in [-0.05, 0) is 39.0 Å². The summed E-state index contributed by atoms with van der Waals surface area (Å²) in [5.41, 5.74) is -1.07. The minimum Gasteiger partial charge on any atom is -0.481 e. The van der Waals surface area contributed by atoms with Crippen LogP contribution in [0.15, 0.2) is 0 Å². The van der Waals surface area contributed by atoms with Gasteiger partial charge in [0, 0.05) is 5.54 Å². The van der Waals surface area contributed by atoms with Gasteiger partial charge in [0.2, 0.25) is 0 Å². The van der Waals surface area contributed by atoms with Crippen LogP contribution in [0.1, 0.15) is 39.5 Å². The Kier molecular flexibility index (Phi) is 4.47. The van der Waals surface area contributed by atoms with Crippen LogP contribution < -0.4 is 5.32 Å². The predicted octanol–water partition coefficient (Wildman–Crippen LogP) is 2.33. The molecule has 7 heteroatoms. The summed E-state index contributed by atoms with van der Waals surface area (Å²) in [6.07, 6.45) is -2.82. The number of nitrogens with one attached hydrogen (secondary N) is 1. The second-order valence-corrected chi connectivity index (χ2v) is 5.57. The van der Waals surface area contributed by atoms with Crippen LogP contribution in [-0.2, 0) is 9.59 Å². The average molecular weight is 281 g/mol. The number of carbonyl (C=O) groups excluding carboxylic acids is 1. The van der Waals surface area contributed by atoms with E-state index in [2.05, 4.69) is 0 Å². The molecule has 1 rings (SSSR count). The van der Waals surface area contributed by atoms with E-state index in [1.807, 2.05) is 5.32 Å². The first-order chi connectivity index (χ1) is 8.54. The molecule has 0 aliphatic heterocycles. The minimum atomic E-state index is -4.92. The lowest BCUT2D eigenvalue weighted by Gasteiger charge is -2.39. The first-order valence-corrected chi connectivity index (χ1v) is 6.16. The van der Waals surface area contributed by atoms with E-state index in [4.69, 9.17) is 5.11 Å². The van der Waals surface area contributed by atoms with Crippen LogP contribution in [0, 0.1) is 11.8 Å². The number of aliphatic carboxylic acids is 1. The van der Waals surface area contributed by atoms with Crippen molar-refractivity contribution in [2.75, 3.05) is 0 Å². The fourth-order valence-electron chi connectivity index (χ4n) is 2.54. The van der Waals surface area contributed by atoms with E-state index in [0.29, 0.717) is 25.7 Å². The third-order valence-corrected chi connectivity index (χ3v) is 3.74. The van der Waals surface area contributed by atoms with E-state index < -0.39 is 29.5 Å². The van der Waals surface area contributed by atoms with Crippen molar-refractivity contribution < 1.29 is 27.9 Å². The molecule has 2 N–H and O–H groups in total. The number of halogens is 3. The Bertz CT molecular complexity index is 366. The van der Waals surface area contributed by atoms with Crippen molar-refractivity contribution in [3.05, 3.63) is 0 Å². The second kappa shape index (κ2) is 5.38. The number of hydrogen-bond donors (Lipinski definition) is 2. The van der Waals surface area contributed by atoms with E-state index in [-0.39, 0.29) is 5.92 Å². The van der Waals surface area contributed by atoms with Crippen LogP contribution in [0.25, 0.3) is 0 Å². The van der Waals surface area contributed by atoms with Gasteiger partial charge in [-0.15, -0.1) is 0 Å². The maximum atomic E-state index is 12.2. The summed E-state index contributed by atoms with van der Waals surface area (Å²) in [5, 5.41) is 10.9. The van der Waals surface area contributed by atoms with E-state index in [9.17, 15) is 22.8 Å². The molecular weight excluding hydrogens is 263 g/mol. The van der Waals surface area contributed by atoms with Crippen molar-refractivity contribution >= 4 is 11.9 Å². The Labute approximate surface area is 109 Å². The van der Waals surface area contributed by atoms with Crippen molar-refractivity contribution in [3.8, 4) is 0 Å². The Hall–Kier alpha value is -1.27. The summed E-state index contributed by atoms with van der Waals surface area (Å²) in [6.45, 7) is 3.01. The second-order valence-electron chi connectivity index (χ2n) is 5.57. The molecule has 19 heavy (non-hydrogen) atoms. The quantitative estimate of drug-likeness (QED) is 0.834. The average Bonchev–Trinajstić information content (AvgIpc) is 2.27. The molecule has 0 radical (unpaired) electrons. The fraction of sp³-hybridized carbons (Fsp3) is 0.833. The number of rotatable bonds is 3. The van der Waals surface area contributed by atoms with Crippen molar-refractivity contribution in [1.29, 1.82) is 0 Å². The molecule has 0 bridgehead atoms. The predicted molar refractivity (Wildman–Crippen MR) is 61.4 cm³/mol. The normalized spacial score (nSPS) is 24.9. The van der Waals surface area contributed by atoms with Gasteiger partial charge >= 0.3 is 18.1 Å². The Balaban J connectivity index is 2.71. The van der Waals surface area contributed by atoms with Crippen LogP contribution in [-0.4, -0.2) is 28.7 Å². The van der Waals surface area contributed by atoms with Crippen molar-refractivity contribution in [2.24, 2.45) is 11.8 Å². The molecule has 0 aromatic heterocycles. The fourth-order valence-corrected chi connectivity index (χ4v) is 2.54. The van der Waals surface area contributed by atoms with Crippen molar-refractivity contribution in [1.82, 2.24) is 5.32 Å². The van der Waals surface area contributed by atoms with Crippen LogP contribution >= 0.6 is 0 Å². The van der Waals surface area contributed by atoms with Crippen LogP contribution in [0.3, 0.4) is 0 Å². The third kappa shape index (κ3) is 4.11. The largest absolute Gasteiger partial charge is 0.481 e. The summed E-state index contributed by atoms with van der Waals surface area (Å²) in [5.74, 6) is -3.72.